The maximum absolute atomic E-state index is 13.1. The van der Waals surface area contributed by atoms with Crippen LogP contribution in [0.15, 0.2) is 23.2 Å². The molecule has 1 aromatic rings. The first-order valence-electron chi connectivity index (χ1n) is 3.81. The van der Waals surface area contributed by atoms with E-state index in [1.807, 2.05) is 0 Å². The summed E-state index contributed by atoms with van der Waals surface area (Å²) in [5, 5.41) is 10.7. The van der Waals surface area contributed by atoms with E-state index in [2.05, 4.69) is 10.3 Å². The Hall–Kier alpha value is -1.60. The van der Waals surface area contributed by atoms with E-state index in [4.69, 9.17) is 16.9 Å². The number of nitrogens with one attached hydrogen (secondary N) is 1. The van der Waals surface area contributed by atoms with E-state index in [1.165, 1.54) is 18.5 Å². The fourth-order valence-corrected chi connectivity index (χ4v) is 1.12. The summed E-state index contributed by atoms with van der Waals surface area (Å²) in [7, 11) is 0. The van der Waals surface area contributed by atoms with Crippen LogP contribution in [-0.4, -0.2) is 6.34 Å². The first-order chi connectivity index (χ1) is 6.75. The van der Waals surface area contributed by atoms with Crippen LogP contribution in [-0.2, 0) is 6.54 Å². The summed E-state index contributed by atoms with van der Waals surface area (Å²) in [6.45, 7) is 0.111. The summed E-state index contributed by atoms with van der Waals surface area (Å²) in [6.07, 6.45) is 2.85. The fraction of sp³-hybridized carbons (Fsp3) is 0.111. The van der Waals surface area contributed by atoms with Gasteiger partial charge in [0.15, 0.2) is 6.19 Å². The molecule has 0 atom stereocenters. The van der Waals surface area contributed by atoms with Gasteiger partial charge in [0.05, 0.1) is 12.9 Å². The lowest BCUT2D eigenvalue weighted by molar-refractivity contribution is 0.611. The van der Waals surface area contributed by atoms with Crippen LogP contribution in [0.25, 0.3) is 0 Å². The van der Waals surface area contributed by atoms with Crippen molar-refractivity contribution in [1.29, 1.82) is 5.26 Å². The molecule has 0 heterocycles. The monoisotopic (exact) mass is 211 g/mol. The minimum atomic E-state index is -0.397. The fourth-order valence-electron chi connectivity index (χ4n) is 0.895. The minimum Gasteiger partial charge on any atom is -0.283 e. The summed E-state index contributed by atoms with van der Waals surface area (Å²) >= 11 is 5.74. The molecule has 72 valence electrons. The van der Waals surface area contributed by atoms with Crippen molar-refractivity contribution < 1.29 is 4.39 Å². The average Bonchev–Trinajstić information content (AvgIpc) is 2.16. The summed E-state index contributed by atoms with van der Waals surface area (Å²) in [6, 6.07) is 4.43. The van der Waals surface area contributed by atoms with Crippen LogP contribution < -0.4 is 5.32 Å². The molecule has 0 radical (unpaired) electrons. The van der Waals surface area contributed by atoms with Gasteiger partial charge in [0.2, 0.25) is 0 Å². The summed E-state index contributed by atoms with van der Waals surface area (Å²) in [5.41, 5.74) is 0.324. The summed E-state index contributed by atoms with van der Waals surface area (Å²) < 4.78 is 13.1. The van der Waals surface area contributed by atoms with Gasteiger partial charge in [-0.25, -0.2) is 4.39 Å². The Kier molecular flexibility index (Phi) is 3.89. The van der Waals surface area contributed by atoms with Gasteiger partial charge in [-0.1, -0.05) is 17.7 Å². The lowest BCUT2D eigenvalue weighted by Crippen LogP contribution is -2.01. The number of halogens is 2. The highest BCUT2D eigenvalue weighted by atomic mass is 35.5. The molecule has 0 aliphatic rings. The van der Waals surface area contributed by atoms with E-state index >= 15 is 0 Å². The Morgan fingerprint density at radius 1 is 1.64 bits per heavy atom. The van der Waals surface area contributed by atoms with Crippen molar-refractivity contribution in [1.82, 2.24) is 5.32 Å². The quantitative estimate of drug-likeness (QED) is 0.360. The molecule has 5 heteroatoms. The van der Waals surface area contributed by atoms with E-state index < -0.39 is 5.82 Å². The second kappa shape index (κ2) is 5.20. The van der Waals surface area contributed by atoms with Crippen LogP contribution in [0.2, 0.25) is 5.02 Å². The average molecular weight is 212 g/mol. The normalized spacial score (nSPS) is 10.1. The third-order valence-corrected chi connectivity index (χ3v) is 1.89. The number of benzene rings is 1. The van der Waals surface area contributed by atoms with Gasteiger partial charge in [0.25, 0.3) is 0 Å². The molecule has 0 saturated carbocycles. The van der Waals surface area contributed by atoms with Gasteiger partial charge >= 0.3 is 0 Å². The Morgan fingerprint density at radius 2 is 2.43 bits per heavy atom. The summed E-state index contributed by atoms with van der Waals surface area (Å²) in [4.78, 5) is 3.77. The lowest BCUT2D eigenvalue weighted by Gasteiger charge is -2.00. The first kappa shape index (κ1) is 10.5. The highest BCUT2D eigenvalue weighted by Gasteiger charge is 2.04. The van der Waals surface area contributed by atoms with Crippen LogP contribution in [0.1, 0.15) is 5.56 Å². The van der Waals surface area contributed by atoms with Gasteiger partial charge in [-0.05, 0) is 12.1 Å². The molecule has 0 unspecified atom stereocenters. The molecule has 1 N–H and O–H groups in total. The number of hydrogen-bond donors (Lipinski definition) is 1. The topological polar surface area (TPSA) is 48.2 Å². The van der Waals surface area contributed by atoms with E-state index in [1.54, 1.807) is 12.3 Å². The van der Waals surface area contributed by atoms with Crippen LogP contribution in [0.5, 0.6) is 0 Å². The van der Waals surface area contributed by atoms with Crippen molar-refractivity contribution in [2.24, 2.45) is 4.99 Å². The van der Waals surface area contributed by atoms with Gasteiger partial charge in [0, 0.05) is 10.6 Å². The van der Waals surface area contributed by atoms with Crippen molar-refractivity contribution >= 4 is 17.9 Å². The van der Waals surface area contributed by atoms with Crippen molar-refractivity contribution in [3.63, 3.8) is 0 Å². The maximum Gasteiger partial charge on any atom is 0.182 e. The smallest absolute Gasteiger partial charge is 0.182 e. The predicted octanol–water partition coefficient (Wildman–Crippen LogP) is 2.08. The second-order valence-electron chi connectivity index (χ2n) is 2.43. The summed E-state index contributed by atoms with van der Waals surface area (Å²) in [5.74, 6) is -0.397. The van der Waals surface area contributed by atoms with Gasteiger partial charge in [-0.15, -0.1) is 0 Å². The highest BCUT2D eigenvalue weighted by molar-refractivity contribution is 6.31. The van der Waals surface area contributed by atoms with Crippen LogP contribution in [0.4, 0.5) is 4.39 Å². The van der Waals surface area contributed by atoms with Crippen molar-refractivity contribution in [2.75, 3.05) is 0 Å². The van der Waals surface area contributed by atoms with Crippen LogP contribution in [0.3, 0.4) is 0 Å². The highest BCUT2D eigenvalue weighted by Crippen LogP contribution is 2.19. The Morgan fingerprint density at radius 3 is 3.07 bits per heavy atom. The molecule has 0 aromatic heterocycles. The van der Waals surface area contributed by atoms with Gasteiger partial charge < -0.3 is 0 Å². The molecule has 14 heavy (non-hydrogen) atoms. The van der Waals surface area contributed by atoms with Gasteiger partial charge in [-0.3, -0.25) is 10.3 Å². The number of hydrogen-bond acceptors (Lipinski definition) is 2. The Bertz CT molecular complexity index is 364. The number of nitriles is 1. The van der Waals surface area contributed by atoms with Crippen LogP contribution in [0, 0.1) is 17.3 Å². The largest absolute Gasteiger partial charge is 0.283 e. The zero-order valence-electron chi connectivity index (χ0n) is 7.17. The molecule has 1 aromatic carbocycles. The van der Waals surface area contributed by atoms with Gasteiger partial charge in [0.1, 0.15) is 5.82 Å². The molecule has 0 fully saturated rings. The second-order valence-corrected chi connectivity index (χ2v) is 2.83. The molecule has 0 amide bonds. The molecule has 0 spiro atoms. The molecule has 0 aliphatic heterocycles. The standard InChI is InChI=1S/C9H7ClFN3/c10-8-2-1-3-9(11)7(8)4-13-6-14-5-12/h1-3,6H,4H2,(H,13,14). The molecular weight excluding hydrogens is 205 g/mol. The van der Waals surface area contributed by atoms with Crippen molar-refractivity contribution in [2.45, 2.75) is 6.54 Å². The van der Waals surface area contributed by atoms with Crippen molar-refractivity contribution in [3.8, 4) is 6.19 Å². The number of aliphatic imine (C=N–C) groups is 1. The lowest BCUT2D eigenvalue weighted by atomic mass is 10.2. The predicted molar refractivity (Wildman–Crippen MR) is 52.4 cm³/mol. The van der Waals surface area contributed by atoms with E-state index in [0.717, 1.165) is 0 Å². The minimum absolute atomic E-state index is 0.111. The number of rotatable bonds is 3. The van der Waals surface area contributed by atoms with Crippen molar-refractivity contribution in [3.05, 3.63) is 34.6 Å². The van der Waals surface area contributed by atoms with E-state index in [-0.39, 0.29) is 6.54 Å². The third kappa shape index (κ3) is 2.71. The molecular formula is C9H7ClFN3. The maximum atomic E-state index is 13.1. The SMILES string of the molecule is N#CNC=NCc1c(F)cccc1Cl. The first-order valence-corrected chi connectivity index (χ1v) is 4.19. The number of nitrogens with zero attached hydrogens (tertiary/aromatic N) is 2. The van der Waals surface area contributed by atoms with Gasteiger partial charge in [-0.2, -0.15) is 5.26 Å². The van der Waals surface area contributed by atoms with Crippen LogP contribution >= 0.6 is 11.6 Å². The Balaban J connectivity index is 2.72. The molecule has 1 rings (SSSR count). The molecule has 3 nitrogen and oxygen atoms in total. The van der Waals surface area contributed by atoms with E-state index in [0.29, 0.717) is 10.6 Å². The molecule has 0 aliphatic carbocycles. The zero-order valence-corrected chi connectivity index (χ0v) is 7.92. The zero-order chi connectivity index (χ0) is 10.4. The molecule has 0 bridgehead atoms. The third-order valence-electron chi connectivity index (χ3n) is 1.53. The molecule has 0 saturated heterocycles. The Labute approximate surface area is 85.8 Å². The van der Waals surface area contributed by atoms with E-state index in [9.17, 15) is 4.39 Å².